The molecule has 3 heteroatoms. The largest absolute Gasteiger partial charge is 0.299 e. The third-order valence-electron chi connectivity index (χ3n) is 2.93. The lowest BCUT2D eigenvalue weighted by atomic mass is 10.0. The molecule has 0 N–H and O–H groups in total. The molecule has 0 bridgehead atoms. The van der Waals surface area contributed by atoms with Gasteiger partial charge in [0.2, 0.25) is 0 Å². The highest BCUT2D eigenvalue weighted by Gasteiger charge is 2.09. The van der Waals surface area contributed by atoms with Gasteiger partial charge in [-0.25, -0.2) is 4.39 Å². The van der Waals surface area contributed by atoms with Crippen LogP contribution in [-0.4, -0.2) is 5.78 Å². The average Bonchev–Trinajstić information content (AvgIpc) is 2.42. The third-order valence-corrected chi connectivity index (χ3v) is 3.42. The van der Waals surface area contributed by atoms with Crippen molar-refractivity contribution in [3.8, 4) is 0 Å². The van der Waals surface area contributed by atoms with Crippen molar-refractivity contribution in [3.63, 3.8) is 0 Å². The maximum absolute atomic E-state index is 13.5. The summed E-state index contributed by atoms with van der Waals surface area (Å²) >= 11 is 3.28. The van der Waals surface area contributed by atoms with Gasteiger partial charge < -0.3 is 0 Å². The topological polar surface area (TPSA) is 17.1 Å². The van der Waals surface area contributed by atoms with Gasteiger partial charge in [0.05, 0.1) is 0 Å². The van der Waals surface area contributed by atoms with E-state index in [0.717, 1.165) is 10.0 Å². The standard InChI is InChI=1S/C16H14BrFO/c17-14-7-9-16(18)13(10-14)11-15(19)8-6-12-4-2-1-3-5-12/h1-5,7,9-10H,6,8,11H2. The van der Waals surface area contributed by atoms with Crippen molar-refractivity contribution in [2.24, 2.45) is 0 Å². The smallest absolute Gasteiger partial charge is 0.137 e. The van der Waals surface area contributed by atoms with Gasteiger partial charge in [-0.15, -0.1) is 0 Å². The summed E-state index contributed by atoms with van der Waals surface area (Å²) in [6.45, 7) is 0. The fourth-order valence-corrected chi connectivity index (χ4v) is 2.32. The Hall–Kier alpha value is -1.48. The van der Waals surface area contributed by atoms with Crippen LogP contribution in [0.2, 0.25) is 0 Å². The molecule has 0 aliphatic carbocycles. The molecule has 0 spiro atoms. The second-order valence-electron chi connectivity index (χ2n) is 4.44. The Morgan fingerprint density at radius 3 is 2.58 bits per heavy atom. The summed E-state index contributed by atoms with van der Waals surface area (Å²) < 4.78 is 14.3. The minimum Gasteiger partial charge on any atom is -0.299 e. The number of Topliss-reactive ketones (excluding diaryl/α,β-unsaturated/α-hetero) is 1. The van der Waals surface area contributed by atoms with Crippen LogP contribution < -0.4 is 0 Å². The van der Waals surface area contributed by atoms with E-state index in [2.05, 4.69) is 15.9 Å². The number of benzene rings is 2. The highest BCUT2D eigenvalue weighted by molar-refractivity contribution is 9.10. The zero-order valence-electron chi connectivity index (χ0n) is 10.4. The zero-order valence-corrected chi connectivity index (χ0v) is 12.0. The molecular weight excluding hydrogens is 307 g/mol. The monoisotopic (exact) mass is 320 g/mol. The first-order chi connectivity index (χ1) is 9.15. The molecule has 0 aliphatic heterocycles. The average molecular weight is 321 g/mol. The van der Waals surface area contributed by atoms with Gasteiger partial charge in [-0.1, -0.05) is 46.3 Å². The van der Waals surface area contributed by atoms with Crippen LogP contribution in [0.4, 0.5) is 4.39 Å². The van der Waals surface area contributed by atoms with Crippen LogP contribution in [0.25, 0.3) is 0 Å². The van der Waals surface area contributed by atoms with Crippen LogP contribution >= 0.6 is 15.9 Å². The molecule has 0 heterocycles. The summed E-state index contributed by atoms with van der Waals surface area (Å²) in [5, 5.41) is 0. The van der Waals surface area contributed by atoms with Crippen molar-refractivity contribution in [2.75, 3.05) is 0 Å². The van der Waals surface area contributed by atoms with Crippen molar-refractivity contribution in [1.82, 2.24) is 0 Å². The molecule has 0 fully saturated rings. The van der Waals surface area contributed by atoms with E-state index in [1.54, 1.807) is 12.1 Å². The quantitative estimate of drug-likeness (QED) is 0.801. The Morgan fingerprint density at radius 1 is 1.11 bits per heavy atom. The minimum absolute atomic E-state index is 0.0563. The van der Waals surface area contributed by atoms with Crippen LogP contribution in [0.3, 0.4) is 0 Å². The van der Waals surface area contributed by atoms with Gasteiger partial charge in [0, 0.05) is 17.3 Å². The maximum Gasteiger partial charge on any atom is 0.137 e. The van der Waals surface area contributed by atoms with E-state index in [4.69, 9.17) is 0 Å². The lowest BCUT2D eigenvalue weighted by molar-refractivity contribution is -0.118. The molecular formula is C16H14BrFO. The van der Waals surface area contributed by atoms with Gasteiger partial charge >= 0.3 is 0 Å². The molecule has 2 aromatic rings. The molecule has 0 aromatic heterocycles. The number of carbonyl (C=O) groups excluding carboxylic acids is 1. The van der Waals surface area contributed by atoms with Crippen molar-refractivity contribution >= 4 is 21.7 Å². The molecule has 98 valence electrons. The number of hydrogen-bond acceptors (Lipinski definition) is 1. The summed E-state index contributed by atoms with van der Waals surface area (Å²) in [5.41, 5.74) is 1.58. The normalized spacial score (nSPS) is 10.4. The van der Waals surface area contributed by atoms with E-state index in [0.29, 0.717) is 18.4 Å². The molecule has 0 aliphatic rings. The highest BCUT2D eigenvalue weighted by atomic mass is 79.9. The van der Waals surface area contributed by atoms with Crippen LogP contribution in [-0.2, 0) is 17.6 Å². The first-order valence-electron chi connectivity index (χ1n) is 6.15. The van der Waals surface area contributed by atoms with E-state index >= 15 is 0 Å². The highest BCUT2D eigenvalue weighted by Crippen LogP contribution is 2.17. The summed E-state index contributed by atoms with van der Waals surface area (Å²) in [4.78, 5) is 11.9. The van der Waals surface area contributed by atoms with Crippen LogP contribution in [0.15, 0.2) is 53.0 Å². The molecule has 0 amide bonds. The van der Waals surface area contributed by atoms with Gasteiger partial charge in [-0.3, -0.25) is 4.79 Å². The molecule has 2 aromatic carbocycles. The fraction of sp³-hybridized carbons (Fsp3) is 0.188. The van der Waals surface area contributed by atoms with Crippen LogP contribution in [0, 0.1) is 5.82 Å². The lowest BCUT2D eigenvalue weighted by Crippen LogP contribution is -2.06. The van der Waals surface area contributed by atoms with Gasteiger partial charge in [0.1, 0.15) is 11.6 Å². The number of ketones is 1. The molecule has 0 unspecified atom stereocenters. The molecule has 0 atom stereocenters. The summed E-state index contributed by atoms with van der Waals surface area (Å²) in [7, 11) is 0. The molecule has 0 saturated carbocycles. The second kappa shape index (κ2) is 6.62. The van der Waals surface area contributed by atoms with Crippen molar-refractivity contribution in [2.45, 2.75) is 19.3 Å². The van der Waals surface area contributed by atoms with Crippen LogP contribution in [0.5, 0.6) is 0 Å². The number of hydrogen-bond donors (Lipinski definition) is 0. The van der Waals surface area contributed by atoms with E-state index in [9.17, 15) is 9.18 Å². The van der Waals surface area contributed by atoms with Gasteiger partial charge in [0.15, 0.2) is 0 Å². The number of aryl methyl sites for hydroxylation is 1. The predicted molar refractivity (Wildman–Crippen MR) is 77.6 cm³/mol. The number of halogens is 2. The Kier molecular flexibility index (Phi) is 4.86. The molecule has 19 heavy (non-hydrogen) atoms. The van der Waals surface area contributed by atoms with Crippen molar-refractivity contribution < 1.29 is 9.18 Å². The minimum atomic E-state index is -0.323. The Morgan fingerprint density at radius 2 is 1.84 bits per heavy atom. The van der Waals surface area contributed by atoms with Gasteiger partial charge in [0.25, 0.3) is 0 Å². The molecule has 0 radical (unpaired) electrons. The summed E-state index contributed by atoms with van der Waals surface area (Å²) in [6, 6.07) is 14.5. The number of rotatable bonds is 5. The Balaban J connectivity index is 1.93. The van der Waals surface area contributed by atoms with Crippen molar-refractivity contribution in [3.05, 3.63) is 69.9 Å². The Bertz CT molecular complexity index is 566. The van der Waals surface area contributed by atoms with E-state index in [-0.39, 0.29) is 18.0 Å². The second-order valence-corrected chi connectivity index (χ2v) is 5.35. The zero-order chi connectivity index (χ0) is 13.7. The molecule has 2 rings (SSSR count). The lowest BCUT2D eigenvalue weighted by Gasteiger charge is -2.04. The van der Waals surface area contributed by atoms with E-state index in [1.165, 1.54) is 6.07 Å². The van der Waals surface area contributed by atoms with Gasteiger partial charge in [-0.2, -0.15) is 0 Å². The SMILES string of the molecule is O=C(CCc1ccccc1)Cc1cc(Br)ccc1F. The first-order valence-corrected chi connectivity index (χ1v) is 6.94. The molecule has 1 nitrogen and oxygen atoms in total. The summed E-state index contributed by atoms with van der Waals surface area (Å²) in [6.07, 6.45) is 1.30. The maximum atomic E-state index is 13.5. The van der Waals surface area contributed by atoms with E-state index < -0.39 is 0 Å². The van der Waals surface area contributed by atoms with E-state index in [1.807, 2.05) is 30.3 Å². The summed E-state index contributed by atoms with van der Waals surface area (Å²) in [5.74, 6) is -0.267. The Labute approximate surface area is 120 Å². The third kappa shape index (κ3) is 4.28. The fourth-order valence-electron chi connectivity index (χ4n) is 1.91. The van der Waals surface area contributed by atoms with Gasteiger partial charge in [-0.05, 0) is 35.7 Å². The predicted octanol–water partition coefficient (Wildman–Crippen LogP) is 4.33. The first kappa shape index (κ1) is 13.9. The van der Waals surface area contributed by atoms with Crippen LogP contribution in [0.1, 0.15) is 17.5 Å². The number of carbonyl (C=O) groups is 1. The van der Waals surface area contributed by atoms with Crippen molar-refractivity contribution in [1.29, 1.82) is 0 Å². The molecule has 0 saturated heterocycles.